The fourth-order valence-corrected chi connectivity index (χ4v) is 0.641. The van der Waals surface area contributed by atoms with Crippen LogP contribution in [0.5, 0.6) is 0 Å². The Hall–Kier alpha value is -0.810. The Labute approximate surface area is 62.5 Å². The minimum Gasteiger partial charge on any atom is -0.298 e. The number of rotatable bonds is 4. The minimum atomic E-state index is -0.0435. The van der Waals surface area contributed by atoms with E-state index in [0.29, 0.717) is 12.5 Å². The summed E-state index contributed by atoms with van der Waals surface area (Å²) in [6.45, 7) is 8.29. The monoisotopic (exact) mass is 138 g/mol. The molecule has 0 unspecified atom stereocenters. The average molecular weight is 138 g/mol. The fourth-order valence-electron chi connectivity index (χ4n) is 0.641. The summed E-state index contributed by atoms with van der Waals surface area (Å²) >= 11 is 0. The summed E-state index contributed by atoms with van der Waals surface area (Å²) in [6, 6.07) is 2.13. The zero-order chi connectivity index (χ0) is 7.98. The lowest BCUT2D eigenvalue weighted by Gasteiger charge is -2.12. The molecule has 0 saturated heterocycles. The third kappa shape index (κ3) is 3.26. The van der Waals surface area contributed by atoms with Crippen LogP contribution in [0.25, 0.3) is 0 Å². The molecule has 2 nitrogen and oxygen atoms in total. The van der Waals surface area contributed by atoms with Crippen LogP contribution in [0.4, 0.5) is 0 Å². The highest BCUT2D eigenvalue weighted by atomic mass is 14.9. The second kappa shape index (κ2) is 5.01. The lowest BCUT2D eigenvalue weighted by atomic mass is 10.1. The molecule has 0 heterocycles. The topological polar surface area (TPSA) is 35.8 Å². The van der Waals surface area contributed by atoms with Crippen molar-refractivity contribution in [3.8, 4) is 6.07 Å². The van der Waals surface area contributed by atoms with Gasteiger partial charge in [0.15, 0.2) is 0 Å². The van der Waals surface area contributed by atoms with E-state index in [-0.39, 0.29) is 6.04 Å². The van der Waals surface area contributed by atoms with Gasteiger partial charge in [0.05, 0.1) is 12.1 Å². The smallest absolute Gasteiger partial charge is 0.0978 e. The molecule has 1 N–H and O–H groups in total. The average Bonchev–Trinajstić information content (AvgIpc) is 1.89. The van der Waals surface area contributed by atoms with E-state index in [2.05, 4.69) is 18.0 Å². The zero-order valence-corrected chi connectivity index (χ0v) is 6.59. The van der Waals surface area contributed by atoms with Crippen molar-refractivity contribution in [2.45, 2.75) is 19.9 Å². The minimum absolute atomic E-state index is 0.0435. The van der Waals surface area contributed by atoms with Crippen LogP contribution in [-0.2, 0) is 0 Å². The molecule has 56 valence electrons. The molecular weight excluding hydrogens is 124 g/mol. The van der Waals surface area contributed by atoms with Crippen molar-refractivity contribution in [3.63, 3.8) is 0 Å². The zero-order valence-electron chi connectivity index (χ0n) is 6.59. The van der Waals surface area contributed by atoms with Gasteiger partial charge in [-0.15, -0.1) is 6.58 Å². The summed E-state index contributed by atoms with van der Waals surface area (Å²) in [4.78, 5) is 0. The normalized spacial score (nSPS) is 12.6. The molecular formula is C8H14N2. The maximum Gasteiger partial charge on any atom is 0.0978 e. The van der Waals surface area contributed by atoms with Crippen LogP contribution >= 0.6 is 0 Å². The summed E-state index contributed by atoms with van der Waals surface area (Å²) in [5.74, 6) is 0.366. The molecule has 0 fully saturated rings. The van der Waals surface area contributed by atoms with Crippen LogP contribution in [0, 0.1) is 17.2 Å². The van der Waals surface area contributed by atoms with E-state index < -0.39 is 0 Å². The molecule has 0 aromatic rings. The van der Waals surface area contributed by atoms with Crippen molar-refractivity contribution in [1.82, 2.24) is 5.32 Å². The first kappa shape index (κ1) is 9.19. The van der Waals surface area contributed by atoms with Gasteiger partial charge < -0.3 is 0 Å². The largest absolute Gasteiger partial charge is 0.298 e. The van der Waals surface area contributed by atoms with Gasteiger partial charge in [0.1, 0.15) is 0 Å². The van der Waals surface area contributed by atoms with E-state index in [4.69, 9.17) is 5.26 Å². The molecule has 0 rings (SSSR count). The third-order valence-corrected chi connectivity index (χ3v) is 1.29. The van der Waals surface area contributed by atoms with E-state index in [9.17, 15) is 0 Å². The standard InChI is InChI=1S/C8H14N2/c1-4-5-10-8(6-9)7(2)3/h4,7-8,10H,1,5H2,2-3H3/t8-/m1/s1. The van der Waals surface area contributed by atoms with Crippen molar-refractivity contribution in [2.24, 2.45) is 5.92 Å². The number of nitriles is 1. The maximum absolute atomic E-state index is 8.58. The van der Waals surface area contributed by atoms with Crippen LogP contribution in [0.1, 0.15) is 13.8 Å². The fraction of sp³-hybridized carbons (Fsp3) is 0.625. The molecule has 0 aliphatic heterocycles. The number of hydrogen-bond donors (Lipinski definition) is 1. The molecule has 0 spiro atoms. The predicted molar refractivity (Wildman–Crippen MR) is 42.4 cm³/mol. The summed E-state index contributed by atoms with van der Waals surface area (Å²) in [6.07, 6.45) is 1.76. The molecule has 0 aliphatic carbocycles. The molecule has 0 aliphatic rings. The summed E-state index contributed by atoms with van der Waals surface area (Å²) in [7, 11) is 0. The Morgan fingerprint density at radius 1 is 1.70 bits per heavy atom. The first-order chi connectivity index (χ1) is 4.72. The molecule has 0 radical (unpaired) electrons. The van der Waals surface area contributed by atoms with Crippen LogP contribution in [0.15, 0.2) is 12.7 Å². The van der Waals surface area contributed by atoms with Gasteiger partial charge in [-0.1, -0.05) is 19.9 Å². The van der Waals surface area contributed by atoms with Gasteiger partial charge >= 0.3 is 0 Å². The lowest BCUT2D eigenvalue weighted by molar-refractivity contribution is 0.493. The Kier molecular flexibility index (Phi) is 4.61. The maximum atomic E-state index is 8.58. The van der Waals surface area contributed by atoms with Gasteiger partial charge in [-0.05, 0) is 5.92 Å². The van der Waals surface area contributed by atoms with Crippen molar-refractivity contribution >= 4 is 0 Å². The first-order valence-electron chi connectivity index (χ1n) is 3.46. The van der Waals surface area contributed by atoms with Crippen LogP contribution in [0.2, 0.25) is 0 Å². The predicted octanol–water partition coefficient (Wildman–Crippen LogP) is 1.31. The van der Waals surface area contributed by atoms with Crippen LogP contribution < -0.4 is 5.32 Å². The van der Waals surface area contributed by atoms with E-state index in [0.717, 1.165) is 0 Å². The highest BCUT2D eigenvalue weighted by molar-refractivity contribution is 4.93. The molecule has 2 heteroatoms. The molecule has 0 bridgehead atoms. The first-order valence-corrected chi connectivity index (χ1v) is 3.46. The number of nitrogens with one attached hydrogen (secondary N) is 1. The second-order valence-corrected chi connectivity index (χ2v) is 2.55. The Bertz CT molecular complexity index is 133. The van der Waals surface area contributed by atoms with Crippen molar-refractivity contribution < 1.29 is 0 Å². The quantitative estimate of drug-likeness (QED) is 0.594. The van der Waals surface area contributed by atoms with Gasteiger partial charge in [-0.2, -0.15) is 5.26 Å². The summed E-state index contributed by atoms with van der Waals surface area (Å²) < 4.78 is 0. The van der Waals surface area contributed by atoms with Gasteiger partial charge in [0, 0.05) is 6.54 Å². The van der Waals surface area contributed by atoms with E-state index in [1.807, 2.05) is 13.8 Å². The number of nitrogens with zero attached hydrogens (tertiary/aromatic N) is 1. The number of hydrogen-bond acceptors (Lipinski definition) is 2. The van der Waals surface area contributed by atoms with Gasteiger partial charge in [-0.3, -0.25) is 5.32 Å². The van der Waals surface area contributed by atoms with Crippen molar-refractivity contribution in [2.75, 3.05) is 6.54 Å². The Balaban J connectivity index is 3.63. The Morgan fingerprint density at radius 3 is 2.60 bits per heavy atom. The van der Waals surface area contributed by atoms with E-state index in [1.165, 1.54) is 0 Å². The molecule has 1 atom stereocenters. The summed E-state index contributed by atoms with van der Waals surface area (Å²) in [5.41, 5.74) is 0. The molecule has 0 saturated carbocycles. The van der Waals surface area contributed by atoms with Crippen molar-refractivity contribution in [3.05, 3.63) is 12.7 Å². The molecule has 0 amide bonds. The summed E-state index contributed by atoms with van der Waals surface area (Å²) in [5, 5.41) is 11.6. The highest BCUT2D eigenvalue weighted by Crippen LogP contribution is 1.98. The van der Waals surface area contributed by atoms with Gasteiger partial charge in [0.2, 0.25) is 0 Å². The highest BCUT2D eigenvalue weighted by Gasteiger charge is 2.08. The third-order valence-electron chi connectivity index (χ3n) is 1.29. The Morgan fingerprint density at radius 2 is 2.30 bits per heavy atom. The van der Waals surface area contributed by atoms with Gasteiger partial charge in [0.25, 0.3) is 0 Å². The van der Waals surface area contributed by atoms with Gasteiger partial charge in [-0.25, -0.2) is 0 Å². The molecule has 0 aromatic heterocycles. The van der Waals surface area contributed by atoms with Crippen molar-refractivity contribution in [1.29, 1.82) is 5.26 Å². The molecule has 10 heavy (non-hydrogen) atoms. The SMILES string of the molecule is C=CCN[C@H](C#N)C(C)C. The van der Waals surface area contributed by atoms with E-state index >= 15 is 0 Å². The lowest BCUT2D eigenvalue weighted by Crippen LogP contribution is -2.32. The van der Waals surface area contributed by atoms with Crippen LogP contribution in [0.3, 0.4) is 0 Å². The second-order valence-electron chi connectivity index (χ2n) is 2.55. The van der Waals surface area contributed by atoms with E-state index in [1.54, 1.807) is 6.08 Å². The molecule has 0 aromatic carbocycles. The van der Waals surface area contributed by atoms with Crippen LogP contribution in [-0.4, -0.2) is 12.6 Å².